The predicted octanol–water partition coefficient (Wildman–Crippen LogP) is 6.30. The first kappa shape index (κ1) is 23.9. The highest BCUT2D eigenvalue weighted by molar-refractivity contribution is 8.14. The van der Waals surface area contributed by atoms with Gasteiger partial charge in [0.1, 0.15) is 6.17 Å². The minimum atomic E-state index is 0. The molecule has 6 heteroatoms. The second-order valence-electron chi connectivity index (χ2n) is 10.7. The average molecular weight is 476 g/mol. The first-order chi connectivity index (χ1) is 14.9. The predicted molar refractivity (Wildman–Crippen MR) is 138 cm³/mol. The van der Waals surface area contributed by atoms with E-state index in [1.807, 2.05) is 16.7 Å². The van der Waals surface area contributed by atoms with Gasteiger partial charge in [-0.25, -0.2) is 0 Å². The van der Waals surface area contributed by atoms with Gasteiger partial charge in [0.25, 0.3) is 0 Å². The number of hydrogen-bond acceptors (Lipinski definition) is 3. The number of benzene rings is 1. The molecule has 0 N–H and O–H groups in total. The molecule has 32 heavy (non-hydrogen) atoms. The van der Waals surface area contributed by atoms with Crippen LogP contribution in [0.25, 0.3) is 0 Å². The minimum Gasteiger partial charge on any atom is -0.330 e. The third-order valence-corrected chi connectivity index (χ3v) is 9.17. The summed E-state index contributed by atoms with van der Waals surface area (Å²) in [6.45, 7) is 9.20. The number of halogens is 1. The molecule has 1 unspecified atom stereocenters. The van der Waals surface area contributed by atoms with Gasteiger partial charge < -0.3 is 4.90 Å². The van der Waals surface area contributed by atoms with Crippen LogP contribution in [0.1, 0.15) is 77.7 Å². The van der Waals surface area contributed by atoms with Gasteiger partial charge in [-0.2, -0.15) is 0 Å². The normalized spacial score (nSPS) is 34.3. The van der Waals surface area contributed by atoms with Gasteiger partial charge in [-0.15, -0.1) is 12.4 Å². The van der Waals surface area contributed by atoms with E-state index in [1.54, 1.807) is 6.92 Å². The van der Waals surface area contributed by atoms with Crippen molar-refractivity contribution in [2.45, 2.75) is 83.8 Å². The van der Waals surface area contributed by atoms with Gasteiger partial charge >= 0.3 is 0 Å². The number of amidine groups is 1. The molecule has 1 amide bonds. The van der Waals surface area contributed by atoms with Crippen LogP contribution in [0.5, 0.6) is 0 Å². The lowest BCUT2D eigenvalue weighted by Crippen LogP contribution is -2.52. The zero-order valence-electron chi connectivity index (χ0n) is 19.9. The summed E-state index contributed by atoms with van der Waals surface area (Å²) in [5.74, 6) is 4.21. The standard InChI is InChI=1S/C26H37N3OS.ClH/c1-5-28-24(29(18(4)30)23-8-6-22(7-9-23)17(2)3)16-31-25(28)27-26-13-19-10-20(14-26)12-21(11-19)15-26;/h6-9,17,19-21,24H,5,10-16H2,1-4H3;1H. The molecular weight excluding hydrogens is 438 g/mol. The maximum atomic E-state index is 12.8. The van der Waals surface area contributed by atoms with Crippen LogP contribution >= 0.6 is 24.2 Å². The molecule has 1 atom stereocenters. The largest absolute Gasteiger partial charge is 0.330 e. The van der Waals surface area contributed by atoms with E-state index in [0.717, 1.165) is 35.7 Å². The Hall–Kier alpha value is -1.20. The molecule has 4 aliphatic carbocycles. The summed E-state index contributed by atoms with van der Waals surface area (Å²) in [6, 6.07) is 8.56. The first-order valence-electron chi connectivity index (χ1n) is 12.3. The lowest BCUT2D eigenvalue weighted by Gasteiger charge is -2.55. The Kier molecular flexibility index (Phi) is 6.89. The van der Waals surface area contributed by atoms with Crippen molar-refractivity contribution in [2.75, 3.05) is 17.2 Å². The highest BCUT2D eigenvalue weighted by atomic mass is 35.5. The molecule has 4 nitrogen and oxygen atoms in total. The summed E-state index contributed by atoms with van der Waals surface area (Å²) in [7, 11) is 0. The summed E-state index contributed by atoms with van der Waals surface area (Å²) in [4.78, 5) is 22.7. The molecule has 0 radical (unpaired) electrons. The molecule has 1 aromatic rings. The number of carbonyl (C=O) groups is 1. The van der Waals surface area contributed by atoms with Gasteiger partial charge in [0.2, 0.25) is 5.91 Å². The molecule has 1 aliphatic heterocycles. The van der Waals surface area contributed by atoms with Gasteiger partial charge in [-0.3, -0.25) is 14.7 Å². The van der Waals surface area contributed by atoms with Crippen LogP contribution < -0.4 is 4.90 Å². The van der Waals surface area contributed by atoms with E-state index in [0.29, 0.717) is 5.92 Å². The van der Waals surface area contributed by atoms with E-state index in [1.165, 1.54) is 49.3 Å². The summed E-state index contributed by atoms with van der Waals surface area (Å²) in [5.41, 5.74) is 2.49. The Morgan fingerprint density at radius 1 is 1.12 bits per heavy atom. The second kappa shape index (κ2) is 9.21. The Morgan fingerprint density at radius 2 is 1.69 bits per heavy atom. The van der Waals surface area contributed by atoms with Crippen LogP contribution in [-0.4, -0.2) is 40.0 Å². The molecule has 1 saturated heterocycles. The fourth-order valence-electron chi connectivity index (χ4n) is 7.09. The van der Waals surface area contributed by atoms with E-state index in [2.05, 4.69) is 49.9 Å². The van der Waals surface area contributed by atoms with Crippen LogP contribution in [-0.2, 0) is 4.79 Å². The van der Waals surface area contributed by atoms with Gasteiger partial charge in [0, 0.05) is 24.9 Å². The van der Waals surface area contributed by atoms with Crippen molar-refractivity contribution in [3.63, 3.8) is 0 Å². The summed E-state index contributed by atoms with van der Waals surface area (Å²) in [5, 5.41) is 1.18. The van der Waals surface area contributed by atoms with Crippen LogP contribution in [0, 0.1) is 17.8 Å². The molecule has 6 rings (SSSR count). The quantitative estimate of drug-likeness (QED) is 0.501. The molecule has 1 aromatic carbocycles. The molecule has 5 aliphatic rings. The molecular formula is C26H38ClN3OS. The average Bonchev–Trinajstić information content (AvgIpc) is 3.08. The molecule has 4 saturated carbocycles. The van der Waals surface area contributed by atoms with Gasteiger partial charge in [-0.1, -0.05) is 37.7 Å². The van der Waals surface area contributed by atoms with Crippen LogP contribution in [0.15, 0.2) is 29.3 Å². The molecule has 176 valence electrons. The smallest absolute Gasteiger partial charge is 0.225 e. The Morgan fingerprint density at radius 3 is 2.16 bits per heavy atom. The number of nitrogens with zero attached hydrogens (tertiary/aromatic N) is 3. The molecule has 4 bridgehead atoms. The number of rotatable bonds is 5. The lowest BCUT2D eigenvalue weighted by molar-refractivity contribution is -0.117. The highest BCUT2D eigenvalue weighted by Gasteiger charge is 2.52. The van der Waals surface area contributed by atoms with Crippen molar-refractivity contribution in [3.05, 3.63) is 29.8 Å². The van der Waals surface area contributed by atoms with Crippen molar-refractivity contribution in [1.82, 2.24) is 4.90 Å². The number of anilines is 1. The van der Waals surface area contributed by atoms with Gasteiger partial charge in [0.05, 0.1) is 5.54 Å². The number of thioether (sulfide) groups is 1. The van der Waals surface area contributed by atoms with E-state index in [-0.39, 0.29) is 30.0 Å². The fraction of sp³-hybridized carbons (Fsp3) is 0.692. The topological polar surface area (TPSA) is 35.9 Å². The van der Waals surface area contributed by atoms with Crippen LogP contribution in [0.2, 0.25) is 0 Å². The Labute approximate surface area is 204 Å². The third kappa shape index (κ3) is 4.32. The highest BCUT2D eigenvalue weighted by Crippen LogP contribution is 2.57. The summed E-state index contributed by atoms with van der Waals surface area (Å²) >= 11 is 1.86. The monoisotopic (exact) mass is 475 g/mol. The maximum Gasteiger partial charge on any atom is 0.225 e. The zero-order valence-corrected chi connectivity index (χ0v) is 21.6. The lowest BCUT2D eigenvalue weighted by atomic mass is 9.53. The number of hydrogen-bond donors (Lipinski definition) is 0. The summed E-state index contributed by atoms with van der Waals surface area (Å²) in [6.07, 6.45) is 8.26. The first-order valence-corrected chi connectivity index (χ1v) is 13.2. The SMILES string of the molecule is CCN1C(=NC23CC4CC(CC(C4)C2)C3)SCC1N(C(C)=O)c1ccc(C(C)C)cc1.Cl. The summed E-state index contributed by atoms with van der Waals surface area (Å²) < 4.78 is 0. The number of carbonyl (C=O) groups excluding carboxylic acids is 1. The molecule has 0 spiro atoms. The van der Waals surface area contributed by atoms with E-state index >= 15 is 0 Å². The molecule has 1 heterocycles. The van der Waals surface area contributed by atoms with E-state index < -0.39 is 0 Å². The van der Waals surface area contributed by atoms with Crippen molar-refractivity contribution in [2.24, 2.45) is 22.7 Å². The Bertz CT molecular complexity index is 833. The van der Waals surface area contributed by atoms with Crippen LogP contribution in [0.4, 0.5) is 5.69 Å². The van der Waals surface area contributed by atoms with Crippen molar-refractivity contribution in [3.8, 4) is 0 Å². The second-order valence-corrected chi connectivity index (χ2v) is 11.7. The Balaban J connectivity index is 0.00000245. The van der Waals surface area contributed by atoms with E-state index in [9.17, 15) is 4.79 Å². The van der Waals surface area contributed by atoms with E-state index in [4.69, 9.17) is 4.99 Å². The number of amides is 1. The van der Waals surface area contributed by atoms with Crippen LogP contribution in [0.3, 0.4) is 0 Å². The number of aliphatic imine (C=N–C) groups is 1. The fourth-order valence-corrected chi connectivity index (χ4v) is 8.40. The maximum absolute atomic E-state index is 12.8. The van der Waals surface area contributed by atoms with Gasteiger partial charge in [0.15, 0.2) is 5.17 Å². The minimum absolute atomic E-state index is 0. The zero-order chi connectivity index (χ0) is 21.8. The third-order valence-electron chi connectivity index (χ3n) is 8.12. The van der Waals surface area contributed by atoms with Crippen molar-refractivity contribution < 1.29 is 4.79 Å². The molecule has 5 fully saturated rings. The van der Waals surface area contributed by atoms with Crippen molar-refractivity contribution in [1.29, 1.82) is 0 Å². The van der Waals surface area contributed by atoms with Crippen molar-refractivity contribution >= 4 is 40.9 Å². The van der Waals surface area contributed by atoms with Gasteiger partial charge in [-0.05, 0) is 86.8 Å². The molecule has 0 aromatic heterocycles.